The monoisotopic (exact) mass is 316 g/mol. The number of aromatic hydroxyl groups is 1. The first-order valence-corrected chi connectivity index (χ1v) is 8.36. The molecule has 0 saturated carbocycles. The summed E-state index contributed by atoms with van der Waals surface area (Å²) in [6, 6.07) is 7.96. The van der Waals surface area contributed by atoms with Crippen LogP contribution in [0.15, 0.2) is 28.8 Å². The molecule has 1 atom stereocenters. The molecule has 0 amide bonds. The summed E-state index contributed by atoms with van der Waals surface area (Å²) in [4.78, 5) is 2.34. The van der Waals surface area contributed by atoms with E-state index in [1.807, 2.05) is 19.1 Å². The summed E-state index contributed by atoms with van der Waals surface area (Å²) in [6.07, 6.45) is 3.07. The van der Waals surface area contributed by atoms with Gasteiger partial charge in [-0.1, -0.05) is 24.2 Å². The van der Waals surface area contributed by atoms with Crippen LogP contribution in [0.1, 0.15) is 49.7 Å². The molecular formula is C18H24N2O3. The fourth-order valence-electron chi connectivity index (χ4n) is 3.18. The van der Waals surface area contributed by atoms with Gasteiger partial charge in [-0.15, -0.1) is 0 Å². The molecule has 2 heterocycles. The second-order valence-corrected chi connectivity index (χ2v) is 5.90. The SMILES string of the molecule is CCOc1cccc(CN2CCC[C@H]2c2cc(CC)no2)c1O. The highest BCUT2D eigenvalue weighted by Gasteiger charge is 2.30. The van der Waals surface area contributed by atoms with Crippen LogP contribution in [0.3, 0.4) is 0 Å². The summed E-state index contributed by atoms with van der Waals surface area (Å²) in [7, 11) is 0. The molecule has 1 aliphatic heterocycles. The number of ether oxygens (including phenoxy) is 1. The number of nitrogens with zero attached hydrogens (tertiary/aromatic N) is 2. The van der Waals surface area contributed by atoms with E-state index in [2.05, 4.69) is 23.0 Å². The van der Waals surface area contributed by atoms with Crippen LogP contribution in [0.5, 0.6) is 11.5 Å². The molecule has 1 fully saturated rings. The average molecular weight is 316 g/mol. The van der Waals surface area contributed by atoms with Gasteiger partial charge in [0.25, 0.3) is 0 Å². The van der Waals surface area contributed by atoms with Crippen LogP contribution >= 0.6 is 0 Å². The van der Waals surface area contributed by atoms with E-state index in [4.69, 9.17) is 9.26 Å². The van der Waals surface area contributed by atoms with E-state index >= 15 is 0 Å². The zero-order chi connectivity index (χ0) is 16.2. The van der Waals surface area contributed by atoms with E-state index in [0.717, 1.165) is 42.8 Å². The van der Waals surface area contributed by atoms with Crippen LogP contribution in [0.25, 0.3) is 0 Å². The third kappa shape index (κ3) is 3.34. The lowest BCUT2D eigenvalue weighted by Crippen LogP contribution is -2.22. The van der Waals surface area contributed by atoms with E-state index < -0.39 is 0 Å². The van der Waals surface area contributed by atoms with Gasteiger partial charge < -0.3 is 14.4 Å². The van der Waals surface area contributed by atoms with Gasteiger partial charge in [-0.25, -0.2) is 0 Å². The van der Waals surface area contributed by atoms with Gasteiger partial charge in [-0.2, -0.15) is 0 Å². The first-order valence-electron chi connectivity index (χ1n) is 8.36. The first kappa shape index (κ1) is 15.9. The number of aryl methyl sites for hydroxylation is 1. The number of hydrogen-bond acceptors (Lipinski definition) is 5. The standard InChI is InChI=1S/C18H24N2O3/c1-3-14-11-17(23-19-14)15-8-6-10-20(15)12-13-7-5-9-16(18(13)21)22-4-2/h5,7,9,11,15,21H,3-4,6,8,10,12H2,1-2H3/t15-/m0/s1. The second kappa shape index (κ2) is 7.04. The summed E-state index contributed by atoms with van der Waals surface area (Å²) in [5.41, 5.74) is 1.88. The number of hydrogen-bond donors (Lipinski definition) is 1. The summed E-state index contributed by atoms with van der Waals surface area (Å²) in [5, 5.41) is 14.5. The van der Waals surface area contributed by atoms with Crippen molar-refractivity contribution in [2.75, 3.05) is 13.2 Å². The fraction of sp³-hybridized carbons (Fsp3) is 0.500. The molecular weight excluding hydrogens is 292 g/mol. The summed E-state index contributed by atoms with van der Waals surface area (Å²) >= 11 is 0. The number of phenolic OH excluding ortho intramolecular Hbond substituents is 1. The minimum Gasteiger partial charge on any atom is -0.504 e. The molecule has 23 heavy (non-hydrogen) atoms. The maximum Gasteiger partial charge on any atom is 0.162 e. The van der Waals surface area contributed by atoms with Gasteiger partial charge >= 0.3 is 0 Å². The molecule has 5 nitrogen and oxygen atoms in total. The molecule has 0 bridgehead atoms. The minimum atomic E-state index is 0.234. The third-order valence-electron chi connectivity index (χ3n) is 4.39. The summed E-state index contributed by atoms with van der Waals surface area (Å²) in [5.74, 6) is 1.72. The molecule has 0 unspecified atom stereocenters. The fourth-order valence-corrected chi connectivity index (χ4v) is 3.18. The van der Waals surface area contributed by atoms with Gasteiger partial charge in [0.2, 0.25) is 0 Å². The molecule has 0 spiro atoms. The molecule has 1 N–H and O–H groups in total. The minimum absolute atomic E-state index is 0.234. The second-order valence-electron chi connectivity index (χ2n) is 5.90. The van der Waals surface area contributed by atoms with Crippen molar-refractivity contribution < 1.29 is 14.4 Å². The average Bonchev–Trinajstić information content (AvgIpc) is 3.20. The number of likely N-dealkylation sites (tertiary alicyclic amines) is 1. The molecule has 2 aromatic rings. The number of phenols is 1. The maximum atomic E-state index is 10.4. The highest BCUT2D eigenvalue weighted by molar-refractivity contribution is 5.45. The molecule has 5 heteroatoms. The van der Waals surface area contributed by atoms with Crippen LogP contribution in [0, 0.1) is 0 Å². The maximum absolute atomic E-state index is 10.4. The van der Waals surface area contributed by atoms with Crippen molar-refractivity contribution in [3.63, 3.8) is 0 Å². The van der Waals surface area contributed by atoms with E-state index in [1.54, 1.807) is 6.07 Å². The smallest absolute Gasteiger partial charge is 0.162 e. The van der Waals surface area contributed by atoms with Gasteiger partial charge in [0.05, 0.1) is 18.3 Å². The Bertz CT molecular complexity index is 653. The Labute approximate surface area is 136 Å². The molecule has 1 aromatic heterocycles. The zero-order valence-electron chi connectivity index (χ0n) is 13.8. The molecule has 124 valence electrons. The Kier molecular flexibility index (Phi) is 4.86. The Morgan fingerprint density at radius 3 is 3.00 bits per heavy atom. The highest BCUT2D eigenvalue weighted by atomic mass is 16.5. The van der Waals surface area contributed by atoms with Gasteiger partial charge in [0.1, 0.15) is 0 Å². The largest absolute Gasteiger partial charge is 0.504 e. The molecule has 1 saturated heterocycles. The lowest BCUT2D eigenvalue weighted by molar-refractivity contribution is 0.203. The number of aromatic nitrogens is 1. The summed E-state index contributed by atoms with van der Waals surface area (Å²) in [6.45, 7) is 6.20. The number of benzene rings is 1. The lowest BCUT2D eigenvalue weighted by Gasteiger charge is -2.23. The highest BCUT2D eigenvalue weighted by Crippen LogP contribution is 2.37. The van der Waals surface area contributed by atoms with Crippen LogP contribution in [0.4, 0.5) is 0 Å². The summed E-state index contributed by atoms with van der Waals surface area (Å²) < 4.78 is 11.0. The van der Waals surface area contributed by atoms with E-state index in [-0.39, 0.29) is 11.8 Å². The van der Waals surface area contributed by atoms with Crippen molar-refractivity contribution in [2.24, 2.45) is 0 Å². The van der Waals surface area contributed by atoms with Crippen molar-refractivity contribution in [3.05, 3.63) is 41.3 Å². The molecule has 1 aromatic carbocycles. The van der Waals surface area contributed by atoms with Gasteiger partial charge in [-0.05, 0) is 38.8 Å². The normalized spacial score (nSPS) is 18.4. The van der Waals surface area contributed by atoms with Crippen molar-refractivity contribution in [1.82, 2.24) is 10.1 Å². The zero-order valence-corrected chi connectivity index (χ0v) is 13.8. The van der Waals surface area contributed by atoms with Crippen LogP contribution < -0.4 is 4.74 Å². The van der Waals surface area contributed by atoms with Crippen LogP contribution in [0.2, 0.25) is 0 Å². The van der Waals surface area contributed by atoms with Crippen molar-refractivity contribution in [2.45, 2.75) is 45.7 Å². The molecule has 3 rings (SSSR count). The van der Waals surface area contributed by atoms with Crippen LogP contribution in [-0.4, -0.2) is 28.3 Å². The van der Waals surface area contributed by atoms with Gasteiger partial charge in [-0.3, -0.25) is 4.90 Å². The Hall–Kier alpha value is -2.01. The van der Waals surface area contributed by atoms with Gasteiger partial charge in [0, 0.05) is 18.2 Å². The Balaban J connectivity index is 1.77. The lowest BCUT2D eigenvalue weighted by atomic mass is 10.1. The third-order valence-corrected chi connectivity index (χ3v) is 4.39. The predicted molar refractivity (Wildman–Crippen MR) is 87.5 cm³/mol. The predicted octanol–water partition coefficient (Wildman–Crippen LogP) is 3.68. The van der Waals surface area contributed by atoms with E-state index in [1.165, 1.54) is 0 Å². The molecule has 1 aliphatic rings. The molecule has 0 aliphatic carbocycles. The Morgan fingerprint density at radius 2 is 2.26 bits per heavy atom. The Morgan fingerprint density at radius 1 is 1.39 bits per heavy atom. The van der Waals surface area contributed by atoms with Crippen molar-refractivity contribution >= 4 is 0 Å². The molecule has 0 radical (unpaired) electrons. The van der Waals surface area contributed by atoms with Crippen LogP contribution in [-0.2, 0) is 13.0 Å². The van der Waals surface area contributed by atoms with E-state index in [0.29, 0.717) is 18.9 Å². The van der Waals surface area contributed by atoms with Crippen molar-refractivity contribution in [1.29, 1.82) is 0 Å². The number of para-hydroxylation sites is 1. The first-order chi connectivity index (χ1) is 11.2. The van der Waals surface area contributed by atoms with Gasteiger partial charge in [0.15, 0.2) is 17.3 Å². The quantitative estimate of drug-likeness (QED) is 0.881. The van der Waals surface area contributed by atoms with E-state index in [9.17, 15) is 5.11 Å². The van der Waals surface area contributed by atoms with Crippen molar-refractivity contribution in [3.8, 4) is 11.5 Å². The number of rotatable bonds is 6. The topological polar surface area (TPSA) is 58.7 Å².